The van der Waals surface area contributed by atoms with Gasteiger partial charge in [-0.1, -0.05) is 6.92 Å². The highest BCUT2D eigenvalue weighted by molar-refractivity contribution is 5.70. The van der Waals surface area contributed by atoms with Gasteiger partial charge in [-0.3, -0.25) is 4.79 Å². The molecule has 0 aliphatic carbocycles. The number of carboxylic acids is 1. The van der Waals surface area contributed by atoms with Gasteiger partial charge in [0.2, 0.25) is 0 Å². The summed E-state index contributed by atoms with van der Waals surface area (Å²) in [6, 6.07) is 0. The number of carbonyl (C=O) groups is 1. The highest BCUT2D eigenvalue weighted by Gasteiger charge is 2.22. The van der Waals surface area contributed by atoms with E-state index in [0.717, 1.165) is 48.8 Å². The van der Waals surface area contributed by atoms with Crippen molar-refractivity contribution in [3.8, 4) is 0 Å². The lowest BCUT2D eigenvalue weighted by molar-refractivity contribution is -0.141. The molecule has 1 fully saturated rings. The molecule has 0 saturated carbocycles. The first-order valence-corrected chi connectivity index (χ1v) is 7.13. The fraction of sp³-hybridized carbons (Fsp3) is 0.667. The molecular weight excluding hydrogens is 256 g/mol. The summed E-state index contributed by atoms with van der Waals surface area (Å²) >= 11 is 0. The maximum atomic E-state index is 11.0. The number of aliphatic carboxylic acids is 1. The first kappa shape index (κ1) is 14.9. The van der Waals surface area contributed by atoms with Crippen LogP contribution >= 0.6 is 0 Å². The molecule has 1 saturated heterocycles. The average molecular weight is 278 g/mol. The molecule has 2 rings (SSSR count). The van der Waals surface area contributed by atoms with Crippen molar-refractivity contribution < 1.29 is 14.6 Å². The van der Waals surface area contributed by atoms with Gasteiger partial charge >= 0.3 is 5.97 Å². The summed E-state index contributed by atoms with van der Waals surface area (Å²) < 4.78 is 5.36. The standard InChI is InChI=1S/C15H22N2O3/c1-9(15(18)19)8-13-10(2)16-14(17-11(13)3)12-4-6-20-7-5-12/h9,12H,4-8H2,1-3H3,(H,18,19). The van der Waals surface area contributed by atoms with Crippen LogP contribution in [0.4, 0.5) is 0 Å². The normalized spacial score (nSPS) is 17.9. The molecule has 1 aromatic rings. The van der Waals surface area contributed by atoms with E-state index in [0.29, 0.717) is 12.3 Å². The van der Waals surface area contributed by atoms with Crippen molar-refractivity contribution in [2.45, 2.75) is 46.0 Å². The number of hydrogen-bond acceptors (Lipinski definition) is 4. The lowest BCUT2D eigenvalue weighted by Crippen LogP contribution is -2.19. The number of nitrogens with zero attached hydrogens (tertiary/aromatic N) is 2. The molecule has 110 valence electrons. The third-order valence-electron chi connectivity index (χ3n) is 3.96. The van der Waals surface area contributed by atoms with Gasteiger partial charge in [0, 0.05) is 30.5 Å². The molecule has 1 atom stereocenters. The molecule has 20 heavy (non-hydrogen) atoms. The predicted octanol–water partition coefficient (Wildman–Crippen LogP) is 2.25. The monoisotopic (exact) mass is 278 g/mol. The van der Waals surface area contributed by atoms with Crippen LogP contribution in [0.5, 0.6) is 0 Å². The average Bonchev–Trinajstić information content (AvgIpc) is 2.43. The lowest BCUT2D eigenvalue weighted by atomic mass is 9.96. The summed E-state index contributed by atoms with van der Waals surface area (Å²) in [7, 11) is 0. The zero-order valence-electron chi connectivity index (χ0n) is 12.3. The highest BCUT2D eigenvalue weighted by atomic mass is 16.5. The molecule has 5 heteroatoms. The Morgan fingerprint density at radius 3 is 2.35 bits per heavy atom. The van der Waals surface area contributed by atoms with Gasteiger partial charge in [-0.25, -0.2) is 9.97 Å². The minimum absolute atomic E-state index is 0.368. The highest BCUT2D eigenvalue weighted by Crippen LogP contribution is 2.26. The molecule has 0 amide bonds. The Kier molecular flexibility index (Phi) is 4.70. The van der Waals surface area contributed by atoms with Crippen molar-refractivity contribution in [3.05, 3.63) is 22.8 Å². The molecule has 1 unspecified atom stereocenters. The van der Waals surface area contributed by atoms with E-state index in [2.05, 4.69) is 9.97 Å². The number of aromatic nitrogens is 2. The number of rotatable bonds is 4. The van der Waals surface area contributed by atoms with E-state index in [4.69, 9.17) is 9.84 Å². The Morgan fingerprint density at radius 2 is 1.85 bits per heavy atom. The van der Waals surface area contributed by atoms with Crippen molar-refractivity contribution in [2.75, 3.05) is 13.2 Å². The molecule has 1 aliphatic rings. The van der Waals surface area contributed by atoms with Crippen molar-refractivity contribution >= 4 is 5.97 Å². The molecule has 0 aromatic carbocycles. The second-order valence-corrected chi connectivity index (χ2v) is 5.56. The summed E-state index contributed by atoms with van der Waals surface area (Å²) in [5, 5.41) is 9.03. The molecule has 0 bridgehead atoms. The van der Waals surface area contributed by atoms with Gasteiger partial charge in [0.05, 0.1) is 5.92 Å². The van der Waals surface area contributed by atoms with Crippen molar-refractivity contribution in [1.29, 1.82) is 0 Å². The Hall–Kier alpha value is -1.49. The van der Waals surface area contributed by atoms with Crippen LogP contribution in [0.15, 0.2) is 0 Å². The molecule has 2 heterocycles. The van der Waals surface area contributed by atoms with Crippen LogP contribution in [0, 0.1) is 19.8 Å². The molecular formula is C15H22N2O3. The number of carboxylic acid groups (broad SMARTS) is 1. The van der Waals surface area contributed by atoms with Crippen molar-refractivity contribution in [1.82, 2.24) is 9.97 Å². The van der Waals surface area contributed by atoms with E-state index >= 15 is 0 Å². The molecule has 1 N–H and O–H groups in total. The third kappa shape index (κ3) is 3.33. The van der Waals surface area contributed by atoms with Crippen molar-refractivity contribution in [3.63, 3.8) is 0 Å². The molecule has 1 aromatic heterocycles. The topological polar surface area (TPSA) is 72.3 Å². The Labute approximate surface area is 119 Å². The Balaban J connectivity index is 2.21. The van der Waals surface area contributed by atoms with Gasteiger partial charge in [0.1, 0.15) is 5.82 Å². The summed E-state index contributed by atoms with van der Waals surface area (Å²) in [5.74, 6) is 0.0596. The summed E-state index contributed by atoms with van der Waals surface area (Å²) in [4.78, 5) is 20.2. The molecule has 5 nitrogen and oxygen atoms in total. The van der Waals surface area contributed by atoms with Gasteiger partial charge in [0.25, 0.3) is 0 Å². The largest absolute Gasteiger partial charge is 0.481 e. The second-order valence-electron chi connectivity index (χ2n) is 5.56. The van der Waals surface area contributed by atoms with Gasteiger partial charge in [0.15, 0.2) is 0 Å². The third-order valence-corrected chi connectivity index (χ3v) is 3.96. The number of hydrogen-bond donors (Lipinski definition) is 1. The van der Waals surface area contributed by atoms with Gasteiger partial charge < -0.3 is 9.84 Å². The summed E-state index contributed by atoms with van der Waals surface area (Å²) in [6.07, 6.45) is 2.41. The number of aryl methyl sites for hydroxylation is 2. The van der Waals surface area contributed by atoms with Crippen LogP contribution < -0.4 is 0 Å². The predicted molar refractivity (Wildman–Crippen MR) is 74.8 cm³/mol. The first-order chi connectivity index (χ1) is 9.49. The zero-order chi connectivity index (χ0) is 14.7. The quantitative estimate of drug-likeness (QED) is 0.914. The van der Waals surface area contributed by atoms with Crippen molar-refractivity contribution in [2.24, 2.45) is 5.92 Å². The van der Waals surface area contributed by atoms with E-state index < -0.39 is 11.9 Å². The van der Waals surface area contributed by atoms with Crippen LogP contribution in [-0.4, -0.2) is 34.3 Å². The van der Waals surface area contributed by atoms with Gasteiger partial charge in [-0.15, -0.1) is 0 Å². The fourth-order valence-corrected chi connectivity index (χ4v) is 2.59. The Bertz CT molecular complexity index is 473. The van der Waals surface area contributed by atoms with E-state index in [1.165, 1.54) is 0 Å². The molecule has 0 spiro atoms. The molecule has 1 aliphatic heterocycles. The second kappa shape index (κ2) is 6.31. The van der Waals surface area contributed by atoms with E-state index in [1.807, 2.05) is 13.8 Å². The minimum atomic E-state index is -0.780. The minimum Gasteiger partial charge on any atom is -0.481 e. The summed E-state index contributed by atoms with van der Waals surface area (Å²) in [5.41, 5.74) is 2.79. The maximum Gasteiger partial charge on any atom is 0.306 e. The van der Waals surface area contributed by atoms with Crippen LogP contribution in [0.2, 0.25) is 0 Å². The SMILES string of the molecule is Cc1nc(C2CCOCC2)nc(C)c1CC(C)C(=O)O. The maximum absolute atomic E-state index is 11.0. The lowest BCUT2D eigenvalue weighted by Gasteiger charge is -2.22. The van der Waals surface area contributed by atoms with Crippen LogP contribution in [0.3, 0.4) is 0 Å². The number of ether oxygens (including phenoxy) is 1. The van der Waals surface area contributed by atoms with E-state index in [-0.39, 0.29) is 0 Å². The first-order valence-electron chi connectivity index (χ1n) is 7.13. The van der Waals surface area contributed by atoms with Crippen LogP contribution in [0.1, 0.15) is 48.5 Å². The van der Waals surface area contributed by atoms with E-state index in [9.17, 15) is 4.79 Å². The molecule has 0 radical (unpaired) electrons. The van der Waals surface area contributed by atoms with Crippen LogP contribution in [0.25, 0.3) is 0 Å². The van der Waals surface area contributed by atoms with Gasteiger partial charge in [-0.05, 0) is 38.7 Å². The fourth-order valence-electron chi connectivity index (χ4n) is 2.59. The van der Waals surface area contributed by atoms with E-state index in [1.54, 1.807) is 6.92 Å². The van der Waals surface area contributed by atoms with Crippen LogP contribution in [-0.2, 0) is 16.0 Å². The van der Waals surface area contributed by atoms with Gasteiger partial charge in [-0.2, -0.15) is 0 Å². The zero-order valence-corrected chi connectivity index (χ0v) is 12.3. The Morgan fingerprint density at radius 1 is 1.30 bits per heavy atom. The smallest absolute Gasteiger partial charge is 0.306 e. The summed E-state index contributed by atoms with van der Waals surface area (Å²) in [6.45, 7) is 7.14.